The molecule has 0 aliphatic rings. The maximum atomic E-state index is 13.6. The zero-order chi connectivity index (χ0) is 13.7. The van der Waals surface area contributed by atoms with E-state index in [1.165, 1.54) is 6.07 Å². The van der Waals surface area contributed by atoms with Crippen molar-refractivity contribution in [1.82, 2.24) is 5.43 Å². The number of ether oxygens (including phenoxy) is 1. The average Bonchev–Trinajstić information content (AvgIpc) is 2.32. The van der Waals surface area contributed by atoms with Gasteiger partial charge in [-0.15, -0.1) is 0 Å². The Labute approximate surface area is 106 Å². The Bertz CT molecular complexity index is 385. The molecule has 0 saturated heterocycles. The van der Waals surface area contributed by atoms with Gasteiger partial charge in [0.1, 0.15) is 11.6 Å². The van der Waals surface area contributed by atoms with Crippen molar-refractivity contribution in [3.05, 3.63) is 35.4 Å². The molecule has 0 aliphatic heterocycles. The van der Waals surface area contributed by atoms with Crippen molar-refractivity contribution >= 4 is 0 Å². The maximum Gasteiger partial charge on any atom is 0.126 e. The second-order valence-electron chi connectivity index (χ2n) is 4.66. The summed E-state index contributed by atoms with van der Waals surface area (Å²) in [6, 6.07) is 3.13. The lowest BCUT2D eigenvalue weighted by Crippen LogP contribution is -2.48. The summed E-state index contributed by atoms with van der Waals surface area (Å²) < 4.78 is 32.0. The van der Waals surface area contributed by atoms with Crippen LogP contribution in [0.5, 0.6) is 0 Å². The summed E-state index contributed by atoms with van der Waals surface area (Å²) in [7, 11) is 1.58. The molecule has 0 aromatic heterocycles. The number of nitrogens with two attached hydrogens (primary N) is 1. The van der Waals surface area contributed by atoms with Gasteiger partial charge >= 0.3 is 0 Å². The van der Waals surface area contributed by atoms with Crippen molar-refractivity contribution in [3.8, 4) is 0 Å². The van der Waals surface area contributed by atoms with E-state index in [4.69, 9.17) is 10.6 Å². The van der Waals surface area contributed by atoms with E-state index < -0.39 is 11.6 Å². The summed E-state index contributed by atoms with van der Waals surface area (Å²) in [5, 5.41) is 0. The topological polar surface area (TPSA) is 47.3 Å². The van der Waals surface area contributed by atoms with Crippen molar-refractivity contribution in [2.24, 2.45) is 11.8 Å². The second-order valence-corrected chi connectivity index (χ2v) is 4.66. The van der Waals surface area contributed by atoms with Gasteiger partial charge in [-0.25, -0.2) is 8.78 Å². The SMILES string of the molecule is COC(C(C)C)C(Cc1cc(F)ccc1F)NN. The molecular formula is C13H20F2N2O. The zero-order valence-electron chi connectivity index (χ0n) is 10.9. The molecule has 0 amide bonds. The van der Waals surface area contributed by atoms with E-state index >= 15 is 0 Å². The molecule has 2 unspecified atom stereocenters. The molecule has 0 saturated carbocycles. The van der Waals surface area contributed by atoms with E-state index in [1.807, 2.05) is 13.8 Å². The van der Waals surface area contributed by atoms with Gasteiger partial charge in [-0.1, -0.05) is 13.8 Å². The van der Waals surface area contributed by atoms with Crippen LogP contribution < -0.4 is 11.3 Å². The number of methoxy groups -OCH3 is 1. The first-order chi connectivity index (χ1) is 8.49. The molecule has 0 radical (unpaired) electrons. The highest BCUT2D eigenvalue weighted by molar-refractivity contribution is 5.20. The van der Waals surface area contributed by atoms with Gasteiger partial charge in [-0.3, -0.25) is 11.3 Å². The van der Waals surface area contributed by atoms with Crippen molar-refractivity contribution in [2.75, 3.05) is 7.11 Å². The van der Waals surface area contributed by atoms with Gasteiger partial charge < -0.3 is 4.74 Å². The number of rotatable bonds is 6. The first kappa shape index (κ1) is 15.0. The van der Waals surface area contributed by atoms with Crippen LogP contribution in [0, 0.1) is 17.6 Å². The van der Waals surface area contributed by atoms with E-state index in [1.54, 1.807) is 7.11 Å². The third-order valence-electron chi connectivity index (χ3n) is 2.99. The summed E-state index contributed by atoms with van der Waals surface area (Å²) in [5.41, 5.74) is 2.91. The van der Waals surface area contributed by atoms with Gasteiger partial charge in [-0.2, -0.15) is 0 Å². The van der Waals surface area contributed by atoms with Crippen molar-refractivity contribution < 1.29 is 13.5 Å². The minimum absolute atomic E-state index is 0.169. The van der Waals surface area contributed by atoms with Gasteiger partial charge in [0, 0.05) is 7.11 Å². The fourth-order valence-corrected chi connectivity index (χ4v) is 2.11. The van der Waals surface area contributed by atoms with Gasteiger partial charge in [0.2, 0.25) is 0 Å². The number of nitrogens with one attached hydrogen (secondary N) is 1. The van der Waals surface area contributed by atoms with Crippen LogP contribution in [0.25, 0.3) is 0 Å². The van der Waals surface area contributed by atoms with Crippen molar-refractivity contribution in [3.63, 3.8) is 0 Å². The molecule has 0 fully saturated rings. The monoisotopic (exact) mass is 258 g/mol. The molecule has 0 aliphatic carbocycles. The molecule has 2 atom stereocenters. The Morgan fingerprint density at radius 2 is 2.00 bits per heavy atom. The summed E-state index contributed by atoms with van der Waals surface area (Å²) in [6.07, 6.45) is 0.106. The highest BCUT2D eigenvalue weighted by atomic mass is 19.1. The van der Waals surface area contributed by atoms with Crippen LogP contribution >= 0.6 is 0 Å². The predicted octanol–water partition coefficient (Wildman–Crippen LogP) is 2.01. The summed E-state index contributed by atoms with van der Waals surface area (Å²) in [5.74, 6) is 4.80. The van der Waals surface area contributed by atoms with Crippen LogP contribution in [0.2, 0.25) is 0 Å². The summed E-state index contributed by atoms with van der Waals surface area (Å²) in [6.45, 7) is 3.97. The van der Waals surface area contributed by atoms with Crippen LogP contribution in [0.1, 0.15) is 19.4 Å². The van der Waals surface area contributed by atoms with E-state index in [0.717, 1.165) is 12.1 Å². The Morgan fingerprint density at radius 1 is 1.33 bits per heavy atom. The lowest BCUT2D eigenvalue weighted by Gasteiger charge is -2.28. The first-order valence-electron chi connectivity index (χ1n) is 5.92. The molecule has 102 valence electrons. The quantitative estimate of drug-likeness (QED) is 0.606. The lowest BCUT2D eigenvalue weighted by molar-refractivity contribution is 0.0330. The second kappa shape index (κ2) is 6.78. The Kier molecular flexibility index (Phi) is 5.65. The van der Waals surface area contributed by atoms with Crippen LogP contribution in [0.4, 0.5) is 8.78 Å². The number of hydrogen-bond donors (Lipinski definition) is 2. The normalized spacial score (nSPS) is 14.8. The van der Waals surface area contributed by atoms with E-state index in [0.29, 0.717) is 5.56 Å². The van der Waals surface area contributed by atoms with Crippen LogP contribution in [-0.2, 0) is 11.2 Å². The molecule has 0 bridgehead atoms. The zero-order valence-corrected chi connectivity index (χ0v) is 10.9. The Hall–Kier alpha value is -1.04. The van der Waals surface area contributed by atoms with Crippen molar-refractivity contribution in [2.45, 2.75) is 32.4 Å². The Morgan fingerprint density at radius 3 is 2.50 bits per heavy atom. The fourth-order valence-electron chi connectivity index (χ4n) is 2.11. The van der Waals surface area contributed by atoms with E-state index in [-0.39, 0.29) is 24.5 Å². The fraction of sp³-hybridized carbons (Fsp3) is 0.538. The standard InChI is InChI=1S/C13H20F2N2O/c1-8(2)13(18-3)12(17-16)7-9-6-10(14)4-5-11(9)15/h4-6,8,12-13,17H,7,16H2,1-3H3. The number of halogens is 2. The summed E-state index contributed by atoms with van der Waals surface area (Å²) in [4.78, 5) is 0. The highest BCUT2D eigenvalue weighted by Crippen LogP contribution is 2.17. The number of benzene rings is 1. The predicted molar refractivity (Wildman–Crippen MR) is 66.8 cm³/mol. The van der Waals surface area contributed by atoms with Crippen LogP contribution in [-0.4, -0.2) is 19.3 Å². The molecule has 5 heteroatoms. The van der Waals surface area contributed by atoms with Gasteiger partial charge in [0.15, 0.2) is 0 Å². The summed E-state index contributed by atoms with van der Waals surface area (Å²) >= 11 is 0. The molecule has 0 spiro atoms. The first-order valence-corrected chi connectivity index (χ1v) is 5.92. The molecule has 18 heavy (non-hydrogen) atoms. The molecule has 3 nitrogen and oxygen atoms in total. The minimum atomic E-state index is -0.458. The molecule has 0 heterocycles. The number of hydrazine groups is 1. The van der Waals surface area contributed by atoms with Crippen LogP contribution in [0.3, 0.4) is 0 Å². The van der Waals surface area contributed by atoms with Gasteiger partial charge in [-0.05, 0) is 36.1 Å². The largest absolute Gasteiger partial charge is 0.380 e. The molecule has 3 N–H and O–H groups in total. The maximum absolute atomic E-state index is 13.6. The van der Waals surface area contributed by atoms with Crippen LogP contribution in [0.15, 0.2) is 18.2 Å². The van der Waals surface area contributed by atoms with Gasteiger partial charge in [0.25, 0.3) is 0 Å². The molecule has 1 rings (SSSR count). The molecular weight excluding hydrogens is 238 g/mol. The van der Waals surface area contributed by atoms with E-state index in [2.05, 4.69) is 5.43 Å². The highest BCUT2D eigenvalue weighted by Gasteiger charge is 2.24. The van der Waals surface area contributed by atoms with E-state index in [9.17, 15) is 8.78 Å². The molecule has 1 aromatic rings. The Balaban J connectivity index is 2.88. The van der Waals surface area contributed by atoms with Gasteiger partial charge in [0.05, 0.1) is 12.1 Å². The third kappa shape index (κ3) is 3.73. The molecule has 1 aromatic carbocycles. The number of hydrogen-bond acceptors (Lipinski definition) is 3. The minimum Gasteiger partial charge on any atom is -0.380 e. The average molecular weight is 258 g/mol. The van der Waals surface area contributed by atoms with Crippen molar-refractivity contribution in [1.29, 1.82) is 0 Å². The third-order valence-corrected chi connectivity index (χ3v) is 2.99. The smallest absolute Gasteiger partial charge is 0.126 e. The lowest BCUT2D eigenvalue weighted by atomic mass is 9.94.